The zero-order valence-corrected chi connectivity index (χ0v) is 7.13. The fourth-order valence-electron chi connectivity index (χ4n) is 0.670. The molecular formula is C9H12BFO. The van der Waals surface area contributed by atoms with Crippen molar-refractivity contribution in [1.29, 1.82) is 0 Å². The molecule has 0 heterocycles. The maximum atomic E-state index is 12.7. The summed E-state index contributed by atoms with van der Waals surface area (Å²) in [6.45, 7) is 5.01. The van der Waals surface area contributed by atoms with Crippen molar-refractivity contribution in [3.63, 3.8) is 0 Å². The first kappa shape index (κ1) is 11.2. The molecule has 1 nitrogen and oxygen atoms in total. The van der Waals surface area contributed by atoms with E-state index in [4.69, 9.17) is 7.85 Å². The SMILES string of the molecule is [B]CC(O)/C(C=C)=C/C(F)=C\C. The van der Waals surface area contributed by atoms with Gasteiger partial charge in [0.15, 0.2) is 0 Å². The van der Waals surface area contributed by atoms with E-state index < -0.39 is 11.9 Å². The van der Waals surface area contributed by atoms with E-state index in [2.05, 4.69) is 6.58 Å². The maximum absolute atomic E-state index is 12.7. The minimum absolute atomic E-state index is 0.0643. The van der Waals surface area contributed by atoms with Crippen LogP contribution in [0.2, 0.25) is 6.32 Å². The standard InChI is InChI=1S/C9H12BFO/c1-3-7(9(12)6-10)5-8(11)4-2/h3-5,9,12H,1,6H2,2H3/b7-5+,8-4+. The van der Waals surface area contributed by atoms with Gasteiger partial charge in [-0.05, 0) is 18.6 Å². The van der Waals surface area contributed by atoms with Crippen molar-refractivity contribution in [2.24, 2.45) is 0 Å². The number of hydrogen-bond acceptors (Lipinski definition) is 1. The molecule has 0 aromatic carbocycles. The van der Waals surface area contributed by atoms with E-state index in [1.807, 2.05) is 0 Å². The molecule has 64 valence electrons. The third-order valence-corrected chi connectivity index (χ3v) is 1.42. The number of rotatable bonds is 4. The Hall–Kier alpha value is -0.825. The van der Waals surface area contributed by atoms with Crippen LogP contribution in [0.5, 0.6) is 0 Å². The van der Waals surface area contributed by atoms with Crippen LogP contribution in [-0.4, -0.2) is 19.1 Å². The highest BCUT2D eigenvalue weighted by Crippen LogP contribution is 2.11. The number of aliphatic hydroxyl groups is 1. The quantitative estimate of drug-likeness (QED) is 0.499. The molecule has 0 bridgehead atoms. The lowest BCUT2D eigenvalue weighted by atomic mass is 9.94. The predicted octanol–water partition coefficient (Wildman–Crippen LogP) is 1.92. The van der Waals surface area contributed by atoms with Crippen LogP contribution < -0.4 is 0 Å². The van der Waals surface area contributed by atoms with Crippen LogP contribution >= 0.6 is 0 Å². The van der Waals surface area contributed by atoms with E-state index >= 15 is 0 Å². The molecule has 0 fully saturated rings. The van der Waals surface area contributed by atoms with Gasteiger partial charge < -0.3 is 5.11 Å². The van der Waals surface area contributed by atoms with Gasteiger partial charge in [-0.2, -0.15) is 0 Å². The lowest BCUT2D eigenvalue weighted by Gasteiger charge is -2.07. The van der Waals surface area contributed by atoms with Gasteiger partial charge in [-0.1, -0.05) is 25.1 Å². The third-order valence-electron chi connectivity index (χ3n) is 1.42. The second-order valence-electron chi connectivity index (χ2n) is 2.27. The van der Waals surface area contributed by atoms with Gasteiger partial charge >= 0.3 is 0 Å². The first-order valence-electron chi connectivity index (χ1n) is 3.69. The summed E-state index contributed by atoms with van der Waals surface area (Å²) in [5.74, 6) is -0.405. The Morgan fingerprint density at radius 2 is 2.33 bits per heavy atom. The Balaban J connectivity index is 4.54. The van der Waals surface area contributed by atoms with Gasteiger partial charge in [-0.15, -0.1) is 0 Å². The molecule has 0 aliphatic heterocycles. The minimum atomic E-state index is -0.840. The molecule has 0 aromatic rings. The van der Waals surface area contributed by atoms with Gasteiger partial charge in [0, 0.05) is 0 Å². The molecule has 12 heavy (non-hydrogen) atoms. The van der Waals surface area contributed by atoms with Crippen LogP contribution in [0.1, 0.15) is 6.92 Å². The van der Waals surface area contributed by atoms with Gasteiger partial charge in [0.25, 0.3) is 0 Å². The van der Waals surface area contributed by atoms with Crippen molar-refractivity contribution < 1.29 is 9.50 Å². The summed E-state index contributed by atoms with van der Waals surface area (Å²) < 4.78 is 12.7. The number of allylic oxidation sites excluding steroid dienone is 3. The molecule has 1 unspecified atom stereocenters. The monoisotopic (exact) mass is 166 g/mol. The van der Waals surface area contributed by atoms with Crippen LogP contribution in [0, 0.1) is 0 Å². The van der Waals surface area contributed by atoms with E-state index in [-0.39, 0.29) is 6.32 Å². The molecule has 0 aliphatic carbocycles. The van der Waals surface area contributed by atoms with Crippen LogP contribution in [0.15, 0.2) is 36.2 Å². The van der Waals surface area contributed by atoms with E-state index in [1.165, 1.54) is 18.2 Å². The Kier molecular flexibility index (Phi) is 5.38. The highest BCUT2D eigenvalue weighted by atomic mass is 19.1. The van der Waals surface area contributed by atoms with Crippen molar-refractivity contribution in [3.05, 3.63) is 36.2 Å². The fourth-order valence-corrected chi connectivity index (χ4v) is 0.670. The molecule has 0 aromatic heterocycles. The fraction of sp³-hybridized carbons (Fsp3) is 0.333. The largest absolute Gasteiger partial charge is 0.389 e. The molecule has 0 rings (SSSR count). The topological polar surface area (TPSA) is 20.2 Å². The van der Waals surface area contributed by atoms with Crippen LogP contribution in [0.25, 0.3) is 0 Å². The third kappa shape index (κ3) is 3.53. The normalized spacial score (nSPS) is 15.9. The van der Waals surface area contributed by atoms with E-state index in [0.717, 1.165) is 0 Å². The highest BCUT2D eigenvalue weighted by molar-refractivity contribution is 6.09. The van der Waals surface area contributed by atoms with Gasteiger partial charge in [0.2, 0.25) is 0 Å². The molecule has 3 heteroatoms. The lowest BCUT2D eigenvalue weighted by Crippen LogP contribution is -2.07. The van der Waals surface area contributed by atoms with Crippen LogP contribution in [-0.2, 0) is 0 Å². The van der Waals surface area contributed by atoms with Gasteiger partial charge in [-0.3, -0.25) is 0 Å². The summed E-state index contributed by atoms with van der Waals surface area (Å²) in [5.41, 5.74) is 0.396. The Bertz CT molecular complexity index is 209. The van der Waals surface area contributed by atoms with Crippen molar-refractivity contribution in [2.75, 3.05) is 0 Å². The van der Waals surface area contributed by atoms with E-state index in [9.17, 15) is 9.50 Å². The first-order chi connectivity index (χ1) is 5.65. The van der Waals surface area contributed by atoms with Crippen LogP contribution in [0.3, 0.4) is 0 Å². The van der Waals surface area contributed by atoms with E-state index in [0.29, 0.717) is 5.57 Å². The summed E-state index contributed by atoms with van der Waals surface area (Å²) in [6.07, 6.45) is 3.13. The van der Waals surface area contributed by atoms with Crippen LogP contribution in [0.4, 0.5) is 4.39 Å². The molecule has 2 radical (unpaired) electrons. The number of halogens is 1. The van der Waals surface area contributed by atoms with E-state index in [1.54, 1.807) is 6.92 Å². The summed E-state index contributed by atoms with van der Waals surface area (Å²) >= 11 is 0. The zero-order chi connectivity index (χ0) is 9.56. The average Bonchev–Trinajstić information content (AvgIpc) is 2.12. The van der Waals surface area contributed by atoms with Gasteiger partial charge in [0.05, 0.1) is 14.0 Å². The van der Waals surface area contributed by atoms with Gasteiger partial charge in [0.1, 0.15) is 5.83 Å². The van der Waals surface area contributed by atoms with Crippen molar-refractivity contribution in [1.82, 2.24) is 0 Å². The Morgan fingerprint density at radius 3 is 2.67 bits per heavy atom. The van der Waals surface area contributed by atoms with Crippen molar-refractivity contribution in [2.45, 2.75) is 19.3 Å². The molecule has 0 saturated heterocycles. The molecule has 0 saturated carbocycles. The molecule has 0 spiro atoms. The molecular weight excluding hydrogens is 154 g/mol. The lowest BCUT2D eigenvalue weighted by molar-refractivity contribution is 0.235. The van der Waals surface area contributed by atoms with Gasteiger partial charge in [-0.25, -0.2) is 4.39 Å². The second kappa shape index (κ2) is 5.78. The minimum Gasteiger partial charge on any atom is -0.389 e. The van der Waals surface area contributed by atoms with Crippen molar-refractivity contribution in [3.8, 4) is 0 Å². The molecule has 0 aliphatic rings. The Labute approximate surface area is 73.7 Å². The predicted molar refractivity (Wildman–Crippen MR) is 49.7 cm³/mol. The molecule has 1 atom stereocenters. The summed E-state index contributed by atoms with van der Waals surface area (Å²) in [4.78, 5) is 0. The smallest absolute Gasteiger partial charge is 0.119 e. The maximum Gasteiger partial charge on any atom is 0.119 e. The number of hydrogen-bond donors (Lipinski definition) is 1. The zero-order valence-electron chi connectivity index (χ0n) is 7.13. The Morgan fingerprint density at radius 1 is 1.75 bits per heavy atom. The second-order valence-corrected chi connectivity index (χ2v) is 2.27. The average molecular weight is 166 g/mol. The molecule has 1 N–H and O–H groups in total. The summed E-state index contributed by atoms with van der Waals surface area (Å²) in [7, 11) is 5.19. The number of aliphatic hydroxyl groups excluding tert-OH is 1. The highest BCUT2D eigenvalue weighted by Gasteiger charge is 2.04. The summed E-state index contributed by atoms with van der Waals surface area (Å²) in [6, 6.07) is 0. The summed E-state index contributed by atoms with van der Waals surface area (Å²) in [5, 5.41) is 9.20. The molecule has 0 amide bonds. The first-order valence-corrected chi connectivity index (χ1v) is 3.69. The van der Waals surface area contributed by atoms with Crippen molar-refractivity contribution >= 4 is 7.85 Å².